The summed E-state index contributed by atoms with van der Waals surface area (Å²) in [6.07, 6.45) is 1.64. The second-order valence-electron chi connectivity index (χ2n) is 14.7. The minimum absolute atomic E-state index is 0.0130. The molecule has 2 aliphatic rings. The number of carbonyl (C=O) groups excluding carboxylic acids is 2. The van der Waals surface area contributed by atoms with Crippen molar-refractivity contribution in [3.8, 4) is 22.5 Å². The van der Waals surface area contributed by atoms with Crippen LogP contribution >= 0.6 is 11.6 Å². The second kappa shape index (κ2) is 17.4. The zero-order valence-electron chi connectivity index (χ0n) is 32.9. The Hall–Kier alpha value is -6.75. The number of aromatic amines is 2. The maximum atomic E-state index is 12.1. The summed E-state index contributed by atoms with van der Waals surface area (Å²) in [5, 5.41) is 11.8. The molecule has 59 heavy (non-hydrogen) atoms. The first-order chi connectivity index (χ1) is 28.7. The van der Waals surface area contributed by atoms with E-state index in [1.54, 1.807) is 6.07 Å². The number of fused-ring (bicyclic) bond motifs is 4. The Morgan fingerprint density at radius 3 is 1.61 bits per heavy atom. The zero-order valence-corrected chi connectivity index (χ0v) is 33.6. The summed E-state index contributed by atoms with van der Waals surface area (Å²) in [6.45, 7) is 5.45. The lowest BCUT2D eigenvalue weighted by atomic mass is 10.1. The summed E-state index contributed by atoms with van der Waals surface area (Å²) in [4.78, 5) is 40.1. The van der Waals surface area contributed by atoms with Crippen LogP contribution in [0, 0.1) is 0 Å². The molecular formula is C48H45ClN8O2. The molecule has 0 bridgehead atoms. The van der Waals surface area contributed by atoms with Gasteiger partial charge in [-0.2, -0.15) is 0 Å². The summed E-state index contributed by atoms with van der Waals surface area (Å²) in [7, 11) is 0. The quantitative estimate of drug-likeness (QED) is 0.0922. The number of hydrogen-bond acceptors (Lipinski definition) is 6. The molecule has 2 atom stereocenters. The molecule has 2 amide bonds. The molecule has 7 N–H and O–H groups in total. The number of amides is 2. The molecular weight excluding hydrogens is 756 g/mol. The van der Waals surface area contributed by atoms with Crippen molar-refractivity contribution in [3.05, 3.63) is 172 Å². The highest BCUT2D eigenvalue weighted by atomic mass is 35.5. The first-order valence-corrected chi connectivity index (χ1v) is 20.2. The fourth-order valence-corrected chi connectivity index (χ4v) is 7.61. The van der Waals surface area contributed by atoms with E-state index in [1.807, 2.05) is 104 Å². The van der Waals surface area contributed by atoms with E-state index < -0.39 is 0 Å². The van der Waals surface area contributed by atoms with Crippen molar-refractivity contribution in [2.24, 2.45) is 5.73 Å². The Bertz CT molecular complexity index is 2760. The Morgan fingerprint density at radius 2 is 1.10 bits per heavy atom. The molecule has 11 heteroatoms. The summed E-state index contributed by atoms with van der Waals surface area (Å²) >= 11 is 6.02. The van der Waals surface area contributed by atoms with Crippen LogP contribution < -0.4 is 21.7 Å². The van der Waals surface area contributed by atoms with Gasteiger partial charge in [-0.1, -0.05) is 109 Å². The van der Waals surface area contributed by atoms with E-state index in [4.69, 9.17) is 22.3 Å². The van der Waals surface area contributed by atoms with Crippen LogP contribution in [0.5, 0.6) is 0 Å². The van der Waals surface area contributed by atoms with Crippen LogP contribution in [0.2, 0.25) is 5.15 Å². The molecule has 0 unspecified atom stereocenters. The third-order valence-corrected chi connectivity index (χ3v) is 10.8. The minimum atomic E-state index is -0.0232. The monoisotopic (exact) mass is 800 g/mol. The van der Waals surface area contributed by atoms with E-state index in [1.165, 1.54) is 11.1 Å². The van der Waals surface area contributed by atoms with Gasteiger partial charge < -0.3 is 31.7 Å². The van der Waals surface area contributed by atoms with E-state index in [-0.39, 0.29) is 23.9 Å². The summed E-state index contributed by atoms with van der Waals surface area (Å²) in [5.74, 6) is 0.793. The van der Waals surface area contributed by atoms with E-state index in [2.05, 4.69) is 68.2 Å². The molecule has 4 aromatic heterocycles. The number of pyridine rings is 2. The van der Waals surface area contributed by atoms with Gasteiger partial charge >= 0.3 is 0 Å². The number of rotatable bonds is 6. The third kappa shape index (κ3) is 8.74. The number of halogens is 1. The van der Waals surface area contributed by atoms with Crippen LogP contribution in [0.4, 0.5) is 5.82 Å². The number of aromatic nitrogens is 4. The van der Waals surface area contributed by atoms with Gasteiger partial charge in [0.15, 0.2) is 0 Å². The molecule has 10 nitrogen and oxygen atoms in total. The number of nitrogens with two attached hydrogens (primary N) is 1. The topological polar surface area (TPSA) is 154 Å². The van der Waals surface area contributed by atoms with Gasteiger partial charge in [0, 0.05) is 82.7 Å². The van der Waals surface area contributed by atoms with Gasteiger partial charge in [-0.15, -0.1) is 0 Å². The third-order valence-electron chi connectivity index (χ3n) is 10.6. The predicted octanol–water partition coefficient (Wildman–Crippen LogP) is 9.56. The molecule has 10 rings (SSSR count). The Kier molecular flexibility index (Phi) is 11.5. The standard InChI is InChI=1S/C24H22N4O.C16H12ClN3O.C8H11N/c1-15(16-6-3-2-4-7-16)26-22-11-10-17-8-5-9-18(23(17)28-22)21-14-19-20(27-21)12-13-25-24(19)29;17-14-5-4-9-2-1-3-10(15(9)20-14)13-8-11-12(19-13)6-7-18-16(11)21;1-7(9)8-5-3-2-4-6-8/h2-11,14-15,27H,12-13H2,1H3,(H,25,29)(H,26,28);1-5,8,19H,6-7H2,(H,18,21);2-7H,9H2,1H3/t15-;;7-/m0.0/s1. The van der Waals surface area contributed by atoms with E-state index >= 15 is 0 Å². The fourth-order valence-electron chi connectivity index (χ4n) is 7.47. The van der Waals surface area contributed by atoms with Crippen LogP contribution in [0.25, 0.3) is 44.3 Å². The van der Waals surface area contributed by atoms with E-state index in [0.29, 0.717) is 18.2 Å². The number of carbonyl (C=O) groups is 2. The smallest absolute Gasteiger partial charge is 0.253 e. The summed E-state index contributed by atoms with van der Waals surface area (Å²) in [6, 6.07) is 44.4. The van der Waals surface area contributed by atoms with Crippen LogP contribution in [0.1, 0.15) is 69.2 Å². The molecule has 0 fully saturated rings. The Labute approximate surface area is 347 Å². The maximum absolute atomic E-state index is 12.1. The second-order valence-corrected chi connectivity index (χ2v) is 15.1. The van der Waals surface area contributed by atoms with Gasteiger partial charge in [0.25, 0.3) is 11.8 Å². The average Bonchev–Trinajstić information content (AvgIpc) is 3.91. The van der Waals surface area contributed by atoms with Crippen LogP contribution in [-0.4, -0.2) is 44.8 Å². The first kappa shape index (κ1) is 39.1. The highest BCUT2D eigenvalue weighted by molar-refractivity contribution is 6.29. The van der Waals surface area contributed by atoms with Crippen molar-refractivity contribution in [2.75, 3.05) is 18.4 Å². The number of benzene rings is 4. The fraction of sp³-hybridized carbons (Fsp3) is 0.167. The van der Waals surface area contributed by atoms with Crippen LogP contribution in [0.15, 0.2) is 133 Å². The molecule has 296 valence electrons. The van der Waals surface area contributed by atoms with Gasteiger partial charge in [-0.05, 0) is 61.4 Å². The molecule has 6 heterocycles. The normalized spacial score (nSPS) is 14.0. The van der Waals surface area contributed by atoms with Gasteiger partial charge in [0.1, 0.15) is 11.0 Å². The number of nitrogens with one attached hydrogen (secondary N) is 5. The molecule has 0 aliphatic carbocycles. The summed E-state index contributed by atoms with van der Waals surface area (Å²) < 4.78 is 0. The number of para-hydroxylation sites is 2. The molecule has 4 aromatic carbocycles. The van der Waals surface area contributed by atoms with Crippen LogP contribution in [0.3, 0.4) is 0 Å². The number of anilines is 1. The molecule has 0 radical (unpaired) electrons. The Balaban J connectivity index is 0.000000140. The molecule has 0 saturated carbocycles. The molecule has 0 saturated heterocycles. The van der Waals surface area contributed by atoms with Crippen molar-refractivity contribution < 1.29 is 9.59 Å². The Morgan fingerprint density at radius 1 is 0.593 bits per heavy atom. The van der Waals surface area contributed by atoms with Crippen molar-refractivity contribution in [1.29, 1.82) is 0 Å². The van der Waals surface area contributed by atoms with Crippen molar-refractivity contribution in [1.82, 2.24) is 30.6 Å². The van der Waals surface area contributed by atoms with Gasteiger partial charge in [0.05, 0.1) is 22.2 Å². The van der Waals surface area contributed by atoms with E-state index in [0.717, 1.165) is 85.5 Å². The minimum Gasteiger partial charge on any atom is -0.364 e. The van der Waals surface area contributed by atoms with Crippen LogP contribution in [-0.2, 0) is 12.8 Å². The lowest BCUT2D eigenvalue weighted by molar-refractivity contribution is 0.0937. The predicted molar refractivity (Wildman–Crippen MR) is 238 cm³/mol. The maximum Gasteiger partial charge on any atom is 0.253 e. The molecule has 8 aromatic rings. The lowest BCUT2D eigenvalue weighted by Crippen LogP contribution is -2.31. The van der Waals surface area contributed by atoms with Crippen molar-refractivity contribution in [3.63, 3.8) is 0 Å². The van der Waals surface area contributed by atoms with Crippen molar-refractivity contribution in [2.45, 2.75) is 38.8 Å². The van der Waals surface area contributed by atoms with Gasteiger partial charge in [-0.3, -0.25) is 9.59 Å². The summed E-state index contributed by atoms with van der Waals surface area (Å²) in [5.41, 5.74) is 17.0. The largest absolute Gasteiger partial charge is 0.364 e. The zero-order chi connectivity index (χ0) is 40.9. The molecule has 0 spiro atoms. The lowest BCUT2D eigenvalue weighted by Gasteiger charge is -2.16. The highest BCUT2D eigenvalue weighted by Crippen LogP contribution is 2.32. The van der Waals surface area contributed by atoms with Gasteiger partial charge in [0.2, 0.25) is 0 Å². The average molecular weight is 801 g/mol. The number of nitrogens with zero attached hydrogens (tertiary/aromatic N) is 2. The van der Waals surface area contributed by atoms with E-state index in [9.17, 15) is 9.59 Å². The highest BCUT2D eigenvalue weighted by Gasteiger charge is 2.22. The van der Waals surface area contributed by atoms with Crippen molar-refractivity contribution >= 4 is 51.0 Å². The number of H-pyrrole nitrogens is 2. The SMILES string of the molecule is C[C@H](N)c1ccccc1.C[C@H](Nc1ccc2cccc(-c3cc4c([nH]3)CCNC4=O)c2n1)c1ccccc1.O=C1NCCc2[nH]c(-c3cccc4ccc(Cl)nc34)cc21. The molecule has 2 aliphatic heterocycles. The first-order valence-electron chi connectivity index (χ1n) is 19.8. The number of hydrogen-bond donors (Lipinski definition) is 6. The van der Waals surface area contributed by atoms with Gasteiger partial charge in [-0.25, -0.2) is 9.97 Å².